The zero-order valence-electron chi connectivity index (χ0n) is 49.6. The van der Waals surface area contributed by atoms with Gasteiger partial charge in [0.25, 0.3) is 0 Å². The number of nitrogens with two attached hydrogens (primary N) is 1. The quantitative estimate of drug-likeness (QED) is 0.0342. The first-order valence-electron chi connectivity index (χ1n) is 28.4. The first-order valence-corrected chi connectivity index (χ1v) is 30.0. The van der Waals surface area contributed by atoms with Gasteiger partial charge in [0, 0.05) is 77.9 Å². The molecule has 17 nitrogen and oxygen atoms in total. The number of nitrogens with one attached hydrogen (secondary N) is 1. The number of amides is 1. The molecule has 1 amide bonds. The summed E-state index contributed by atoms with van der Waals surface area (Å²) in [7, 11) is 3.17. The highest BCUT2D eigenvalue weighted by molar-refractivity contribution is 7.11. The molecule has 86 heavy (non-hydrogen) atoms. The first kappa shape index (κ1) is 69.4. The highest BCUT2D eigenvalue weighted by atomic mass is 32.1. The minimum Gasteiger partial charge on any atom is -0.497 e. The summed E-state index contributed by atoms with van der Waals surface area (Å²) in [4.78, 5) is 112. The number of carboxylic acid groups (broad SMARTS) is 1. The zero-order valence-corrected chi connectivity index (χ0v) is 51.3. The van der Waals surface area contributed by atoms with Gasteiger partial charge in [-0.15, -0.1) is 22.7 Å². The van der Waals surface area contributed by atoms with Crippen molar-refractivity contribution in [2.45, 2.75) is 136 Å². The van der Waals surface area contributed by atoms with Crippen molar-refractivity contribution < 1.29 is 62.4 Å². The first-order chi connectivity index (χ1) is 40.5. The molecule has 2 aliphatic rings. The maximum atomic E-state index is 13.8. The largest absolute Gasteiger partial charge is 0.497 e. The van der Waals surface area contributed by atoms with Crippen LogP contribution in [0.3, 0.4) is 0 Å². The van der Waals surface area contributed by atoms with Crippen molar-refractivity contribution in [2.24, 2.45) is 29.4 Å². The predicted octanol–water partition coefficient (Wildman–Crippen LogP) is 9.55. The number of Topliss-reactive ketones (excluding diaryl/α,β-unsaturated/α-hetero) is 6. The Morgan fingerprint density at radius 2 is 1.00 bits per heavy atom. The number of ketones is 6. The van der Waals surface area contributed by atoms with Crippen molar-refractivity contribution in [2.75, 3.05) is 27.4 Å². The number of hydrogen-bond acceptors (Lipinski definition) is 17. The lowest BCUT2D eigenvalue weighted by molar-refractivity contribution is -0.136. The Balaban J connectivity index is 0.000000272. The average Bonchev–Trinajstić information content (AvgIpc) is 4.33. The molecule has 19 heteroatoms. The molecule has 0 spiro atoms. The molecular formula is C67H82N4O13S2. The molecule has 0 radical (unpaired) electrons. The Morgan fingerprint density at radius 3 is 1.44 bits per heavy atom. The predicted molar refractivity (Wildman–Crippen MR) is 332 cm³/mol. The van der Waals surface area contributed by atoms with Crippen LogP contribution in [0.4, 0.5) is 0 Å². The molecule has 2 saturated heterocycles. The number of ether oxygens (including phenoxy) is 4. The molecule has 0 saturated carbocycles. The van der Waals surface area contributed by atoms with E-state index in [4.69, 9.17) is 29.8 Å². The van der Waals surface area contributed by atoms with Gasteiger partial charge in [-0.25, -0.2) is 9.97 Å². The lowest BCUT2D eigenvalue weighted by Gasteiger charge is -2.24. The van der Waals surface area contributed by atoms with Gasteiger partial charge in [0.15, 0.2) is 11.6 Å². The van der Waals surface area contributed by atoms with Gasteiger partial charge in [-0.05, 0) is 107 Å². The minimum atomic E-state index is -0.917. The number of aryl methyl sites for hydroxylation is 2. The third-order valence-corrected chi connectivity index (χ3v) is 16.7. The van der Waals surface area contributed by atoms with Crippen LogP contribution in [0.5, 0.6) is 11.5 Å². The summed E-state index contributed by atoms with van der Waals surface area (Å²) in [6.07, 6.45) is 5.27. The standard InChI is InChI=1S/C33H38N2O6S.C27H33NO5.C6H7NO2S.CH4/c1-21(14-26(36)18-28-19-34-22(2)42-28)30(37)17-25(15-24-10-12-27(40-4)13-11-24)32(39)35-29(31(38)33(3)20-41-33)16-23-8-6-5-7-9-23;1-18(28)24(29)15-21(13-20-9-11-23(32-3)12-10-20)25(30)16-22(26(31)27(2)17-33-27)14-19-7-5-4-6-8-19;1-4-7-3-5(10-4)2-6(8)9;/h5-13,19,21,25,29H,14-18,20H2,1-4H3,(H,35,39);4-12,18,21-22H,13-17,28H2,1-3H3;3H,2H2,1H3,(H,8,9);1H4/t21-,25-,29+,33-;18-,21+,22+,27+;;/m10../s1. The number of carbonyl (C=O) groups excluding carboxylic acids is 7. The Hall–Kier alpha value is -7.42. The van der Waals surface area contributed by atoms with Gasteiger partial charge >= 0.3 is 5.97 Å². The van der Waals surface area contributed by atoms with Crippen LogP contribution < -0.4 is 20.5 Å². The highest BCUT2D eigenvalue weighted by Gasteiger charge is 2.51. The fourth-order valence-corrected chi connectivity index (χ4v) is 11.2. The Kier molecular flexibility index (Phi) is 26.5. The molecule has 6 aromatic rings. The Morgan fingerprint density at radius 1 is 0.581 bits per heavy atom. The lowest BCUT2D eigenvalue weighted by Crippen LogP contribution is -2.49. The monoisotopic (exact) mass is 1210 g/mol. The Bertz CT molecular complexity index is 3210. The van der Waals surface area contributed by atoms with Crippen LogP contribution in [0.15, 0.2) is 122 Å². The van der Waals surface area contributed by atoms with E-state index < -0.39 is 52.9 Å². The SMILES string of the molecule is C.COc1ccc(C[C@H](CC(=O)[C@H](C)CC(=O)Cc2cnc(C)s2)C(=O)N[C@@H](Cc2ccccc2)C(=O)[C@@]2(C)CO2)cc1.COc1ccc(C[C@H](CC(=O)[C@H](C)N)C(=O)C[C@@H](Cc2ccccc2)C(=O)[C@@]2(C)CO2)cc1.Cc1ncc(CC(=O)O)s1. The molecule has 460 valence electrons. The van der Waals surface area contributed by atoms with Crippen LogP contribution >= 0.6 is 22.7 Å². The van der Waals surface area contributed by atoms with E-state index in [-0.39, 0.29) is 86.6 Å². The molecule has 2 fully saturated rings. The molecule has 4 aromatic carbocycles. The summed E-state index contributed by atoms with van der Waals surface area (Å²) >= 11 is 2.89. The number of aromatic nitrogens is 2. The third kappa shape index (κ3) is 22.1. The van der Waals surface area contributed by atoms with E-state index in [1.165, 1.54) is 22.7 Å². The fraction of sp³-hybridized carbons (Fsp3) is 0.433. The van der Waals surface area contributed by atoms with Crippen molar-refractivity contribution in [1.29, 1.82) is 0 Å². The van der Waals surface area contributed by atoms with E-state index in [1.54, 1.807) is 54.3 Å². The molecule has 8 rings (SSSR count). The van der Waals surface area contributed by atoms with Gasteiger partial charge < -0.3 is 35.1 Å². The van der Waals surface area contributed by atoms with Crippen LogP contribution in [0, 0.1) is 37.5 Å². The summed E-state index contributed by atoms with van der Waals surface area (Å²) in [5.41, 5.74) is 7.74. The van der Waals surface area contributed by atoms with E-state index >= 15 is 0 Å². The lowest BCUT2D eigenvalue weighted by atomic mass is 9.80. The molecule has 2 aromatic heterocycles. The van der Waals surface area contributed by atoms with Crippen molar-refractivity contribution in [3.63, 3.8) is 0 Å². The van der Waals surface area contributed by atoms with Gasteiger partial charge in [-0.3, -0.25) is 38.4 Å². The molecule has 4 N–H and O–H groups in total. The van der Waals surface area contributed by atoms with Crippen molar-refractivity contribution >= 4 is 69.2 Å². The number of carboxylic acids is 1. The Labute approximate surface area is 512 Å². The highest BCUT2D eigenvalue weighted by Crippen LogP contribution is 2.34. The average molecular weight is 1220 g/mol. The topological polar surface area (TPSA) is 264 Å². The summed E-state index contributed by atoms with van der Waals surface area (Å²) in [6.45, 7) is 11.3. The summed E-state index contributed by atoms with van der Waals surface area (Å²) < 4.78 is 21.3. The van der Waals surface area contributed by atoms with Crippen LogP contribution in [0.1, 0.15) is 103 Å². The molecule has 2 aliphatic heterocycles. The van der Waals surface area contributed by atoms with Crippen LogP contribution in [0.25, 0.3) is 0 Å². The number of carbonyl (C=O) groups is 8. The van der Waals surface area contributed by atoms with Crippen molar-refractivity contribution in [1.82, 2.24) is 15.3 Å². The van der Waals surface area contributed by atoms with Gasteiger partial charge in [-0.2, -0.15) is 0 Å². The van der Waals surface area contributed by atoms with E-state index in [9.17, 15) is 38.4 Å². The molecule has 8 atom stereocenters. The zero-order chi connectivity index (χ0) is 61.8. The maximum Gasteiger partial charge on any atom is 0.308 e. The minimum absolute atomic E-state index is 0. The number of hydrogen-bond donors (Lipinski definition) is 3. The molecule has 0 unspecified atom stereocenters. The number of thiazole rings is 2. The van der Waals surface area contributed by atoms with Gasteiger partial charge in [-0.1, -0.05) is 99.3 Å². The summed E-state index contributed by atoms with van der Waals surface area (Å²) in [6, 6.07) is 32.5. The molecular weight excluding hydrogens is 1130 g/mol. The van der Waals surface area contributed by atoms with Crippen LogP contribution in [-0.4, -0.2) is 112 Å². The summed E-state index contributed by atoms with van der Waals surface area (Å²) in [5, 5.41) is 13.1. The smallest absolute Gasteiger partial charge is 0.308 e. The maximum absolute atomic E-state index is 13.8. The number of benzene rings is 4. The fourth-order valence-electron chi connectivity index (χ4n) is 9.58. The molecule has 4 heterocycles. The van der Waals surface area contributed by atoms with E-state index in [2.05, 4.69) is 15.3 Å². The number of epoxide rings is 2. The molecule has 0 aliphatic carbocycles. The van der Waals surface area contributed by atoms with Crippen LogP contribution in [-0.2, 0) is 86.4 Å². The van der Waals surface area contributed by atoms with E-state index in [0.717, 1.165) is 47.8 Å². The normalized spacial score (nSPS) is 17.5. The number of nitrogens with zero attached hydrogens (tertiary/aromatic N) is 2. The third-order valence-electron chi connectivity index (χ3n) is 14.9. The summed E-state index contributed by atoms with van der Waals surface area (Å²) in [5.74, 6) is -2.80. The second-order valence-electron chi connectivity index (χ2n) is 22.3. The van der Waals surface area contributed by atoms with Crippen molar-refractivity contribution in [3.8, 4) is 11.5 Å². The second kappa shape index (κ2) is 32.9. The van der Waals surface area contributed by atoms with Gasteiger partial charge in [0.1, 0.15) is 45.8 Å². The molecule has 0 bridgehead atoms. The second-order valence-corrected chi connectivity index (χ2v) is 24.9. The van der Waals surface area contributed by atoms with E-state index in [1.807, 2.05) is 123 Å². The van der Waals surface area contributed by atoms with Gasteiger partial charge in [0.05, 0.1) is 56.0 Å². The van der Waals surface area contributed by atoms with Gasteiger partial charge in [0.2, 0.25) is 5.91 Å². The number of aliphatic carboxylic acids is 1. The van der Waals surface area contributed by atoms with Crippen LogP contribution in [0.2, 0.25) is 0 Å². The van der Waals surface area contributed by atoms with Crippen molar-refractivity contribution in [3.05, 3.63) is 164 Å². The number of methoxy groups -OCH3 is 2. The number of rotatable bonds is 31. The van der Waals surface area contributed by atoms with E-state index in [0.29, 0.717) is 44.6 Å².